The SMILES string of the molecule is CCCc1nn(C)c2c(=O)[nH]c(-c3cc(S(=O)(=O)Nc4cnc(C#N)c(Cl)c4)ccc3OCC)nc12. The Labute approximate surface area is 211 Å². The summed E-state index contributed by atoms with van der Waals surface area (Å²) in [5, 5.41) is 13.4. The molecule has 3 aromatic heterocycles. The lowest BCUT2D eigenvalue weighted by Crippen LogP contribution is -2.15. The highest BCUT2D eigenvalue weighted by atomic mass is 35.5. The van der Waals surface area contributed by atoms with Crippen molar-refractivity contribution < 1.29 is 13.2 Å². The standard InChI is InChI=1S/C23H22ClN7O4S/c1-4-6-17-20-21(31(3)29-17)23(32)28-22(27-20)15-10-14(7-8-19(15)35-5-2)36(33,34)30-13-9-16(24)18(11-25)26-12-13/h7-10,12,30H,4-6H2,1-3H3,(H,27,28,32). The van der Waals surface area contributed by atoms with Crippen LogP contribution < -0.4 is 15.0 Å². The summed E-state index contributed by atoms with van der Waals surface area (Å²) in [6.45, 7) is 4.10. The predicted molar refractivity (Wildman–Crippen MR) is 135 cm³/mol. The van der Waals surface area contributed by atoms with Crippen molar-refractivity contribution >= 4 is 38.3 Å². The van der Waals surface area contributed by atoms with E-state index in [0.29, 0.717) is 41.1 Å². The second-order valence-electron chi connectivity index (χ2n) is 7.79. The minimum Gasteiger partial charge on any atom is -0.493 e. The van der Waals surface area contributed by atoms with Crippen LogP contribution in [0.25, 0.3) is 22.4 Å². The van der Waals surface area contributed by atoms with Crippen molar-refractivity contribution in [3.05, 3.63) is 57.2 Å². The molecule has 0 radical (unpaired) electrons. The molecule has 0 bridgehead atoms. The molecule has 0 saturated heterocycles. The zero-order valence-corrected chi connectivity index (χ0v) is 21.2. The number of pyridine rings is 1. The van der Waals surface area contributed by atoms with E-state index < -0.39 is 15.6 Å². The van der Waals surface area contributed by atoms with E-state index in [-0.39, 0.29) is 27.1 Å². The molecule has 4 rings (SSSR count). The zero-order valence-electron chi connectivity index (χ0n) is 19.7. The highest BCUT2D eigenvalue weighted by Crippen LogP contribution is 2.32. The summed E-state index contributed by atoms with van der Waals surface area (Å²) in [6, 6.07) is 7.35. The minimum absolute atomic E-state index is 0.0134. The van der Waals surface area contributed by atoms with Gasteiger partial charge in [-0.2, -0.15) is 10.4 Å². The summed E-state index contributed by atoms with van der Waals surface area (Å²) in [7, 11) is -2.43. The smallest absolute Gasteiger partial charge is 0.277 e. The van der Waals surface area contributed by atoms with Gasteiger partial charge >= 0.3 is 0 Å². The lowest BCUT2D eigenvalue weighted by molar-refractivity contribution is 0.341. The Kier molecular flexibility index (Phi) is 6.96. The molecule has 0 spiro atoms. The van der Waals surface area contributed by atoms with Crippen LogP contribution in [0.15, 0.2) is 40.2 Å². The van der Waals surface area contributed by atoms with Crippen LogP contribution in [0.4, 0.5) is 5.69 Å². The summed E-state index contributed by atoms with van der Waals surface area (Å²) in [5.74, 6) is 0.504. The number of nitriles is 1. The van der Waals surface area contributed by atoms with Crippen molar-refractivity contribution in [3.63, 3.8) is 0 Å². The van der Waals surface area contributed by atoms with Gasteiger partial charge in [0.05, 0.1) is 39.7 Å². The first-order chi connectivity index (χ1) is 17.2. The third-order valence-corrected chi connectivity index (χ3v) is 6.93. The lowest BCUT2D eigenvalue weighted by Gasteiger charge is -2.13. The average Bonchev–Trinajstić information content (AvgIpc) is 3.15. The maximum absolute atomic E-state index is 13.1. The van der Waals surface area contributed by atoms with Crippen molar-refractivity contribution in [2.75, 3.05) is 11.3 Å². The van der Waals surface area contributed by atoms with Gasteiger partial charge in [-0.3, -0.25) is 14.2 Å². The third-order valence-electron chi connectivity index (χ3n) is 5.26. The molecule has 0 fully saturated rings. The topological polar surface area (TPSA) is 156 Å². The van der Waals surface area contributed by atoms with Crippen LogP contribution in [-0.4, -0.2) is 39.8 Å². The number of halogens is 1. The normalized spacial score (nSPS) is 11.4. The molecule has 2 N–H and O–H groups in total. The van der Waals surface area contributed by atoms with Crippen LogP contribution in [0.2, 0.25) is 5.02 Å². The molecular weight excluding hydrogens is 506 g/mol. The number of hydrogen-bond acceptors (Lipinski definition) is 8. The number of hydrogen-bond donors (Lipinski definition) is 2. The molecule has 0 aliphatic carbocycles. The number of sulfonamides is 1. The fourth-order valence-electron chi connectivity index (χ4n) is 3.71. The molecule has 4 aromatic rings. The number of rotatable bonds is 8. The van der Waals surface area contributed by atoms with E-state index in [4.69, 9.17) is 21.6 Å². The molecular formula is C23H22ClN7O4S. The number of nitrogens with one attached hydrogen (secondary N) is 2. The van der Waals surface area contributed by atoms with Crippen LogP contribution in [0.3, 0.4) is 0 Å². The second-order valence-corrected chi connectivity index (χ2v) is 9.88. The maximum atomic E-state index is 13.1. The zero-order chi connectivity index (χ0) is 26.0. The summed E-state index contributed by atoms with van der Waals surface area (Å²) in [4.78, 5) is 24.0. The monoisotopic (exact) mass is 527 g/mol. The van der Waals surface area contributed by atoms with Crippen molar-refractivity contribution in [2.24, 2.45) is 7.05 Å². The van der Waals surface area contributed by atoms with Crippen molar-refractivity contribution in [3.8, 4) is 23.2 Å². The van der Waals surface area contributed by atoms with E-state index >= 15 is 0 Å². The maximum Gasteiger partial charge on any atom is 0.277 e. The largest absolute Gasteiger partial charge is 0.493 e. The first-order valence-electron chi connectivity index (χ1n) is 11.0. The number of benzene rings is 1. The Bertz CT molecular complexity index is 1670. The molecule has 0 saturated carbocycles. The van der Waals surface area contributed by atoms with Gasteiger partial charge in [-0.15, -0.1) is 0 Å². The fourth-order valence-corrected chi connectivity index (χ4v) is 4.98. The van der Waals surface area contributed by atoms with Crippen LogP contribution in [-0.2, 0) is 23.5 Å². The molecule has 11 nitrogen and oxygen atoms in total. The van der Waals surface area contributed by atoms with Crippen LogP contribution in [0.1, 0.15) is 31.7 Å². The van der Waals surface area contributed by atoms with E-state index in [1.165, 1.54) is 35.1 Å². The Hall–Kier alpha value is -3.95. The van der Waals surface area contributed by atoms with E-state index in [0.717, 1.165) is 6.42 Å². The Morgan fingerprint density at radius 1 is 1.28 bits per heavy atom. The number of anilines is 1. The first kappa shape index (κ1) is 25.2. The van der Waals surface area contributed by atoms with Gasteiger partial charge < -0.3 is 9.72 Å². The molecule has 0 amide bonds. The second kappa shape index (κ2) is 9.96. The molecule has 0 aliphatic heterocycles. The third kappa shape index (κ3) is 4.75. The van der Waals surface area contributed by atoms with Gasteiger partial charge in [0, 0.05) is 7.05 Å². The van der Waals surface area contributed by atoms with Gasteiger partial charge in [-0.05, 0) is 37.6 Å². The number of aryl methyl sites for hydroxylation is 2. The quantitative estimate of drug-likeness (QED) is 0.353. The Morgan fingerprint density at radius 3 is 2.72 bits per heavy atom. The number of aromatic nitrogens is 5. The average molecular weight is 528 g/mol. The number of H-pyrrole nitrogens is 1. The molecule has 36 heavy (non-hydrogen) atoms. The first-order valence-corrected chi connectivity index (χ1v) is 12.9. The van der Waals surface area contributed by atoms with Gasteiger partial charge in [-0.1, -0.05) is 24.9 Å². The molecule has 3 heterocycles. The Morgan fingerprint density at radius 2 is 2.06 bits per heavy atom. The van der Waals surface area contributed by atoms with Crippen molar-refractivity contribution in [1.29, 1.82) is 5.26 Å². The molecule has 13 heteroatoms. The van der Waals surface area contributed by atoms with Gasteiger partial charge in [0.15, 0.2) is 11.2 Å². The van der Waals surface area contributed by atoms with Gasteiger partial charge in [0.2, 0.25) is 0 Å². The van der Waals surface area contributed by atoms with Crippen LogP contribution in [0, 0.1) is 11.3 Å². The fraction of sp³-hybridized carbons (Fsp3) is 0.261. The highest BCUT2D eigenvalue weighted by Gasteiger charge is 2.21. The lowest BCUT2D eigenvalue weighted by atomic mass is 10.1. The van der Waals surface area contributed by atoms with E-state index in [1.807, 2.05) is 13.0 Å². The van der Waals surface area contributed by atoms with Gasteiger partial charge in [-0.25, -0.2) is 18.4 Å². The van der Waals surface area contributed by atoms with Gasteiger partial charge in [0.1, 0.15) is 23.2 Å². The van der Waals surface area contributed by atoms with Crippen molar-refractivity contribution in [2.45, 2.75) is 31.6 Å². The van der Waals surface area contributed by atoms with Gasteiger partial charge in [0.25, 0.3) is 15.6 Å². The number of fused-ring (bicyclic) bond motifs is 1. The minimum atomic E-state index is -4.10. The molecule has 0 aliphatic rings. The number of ether oxygens (including phenoxy) is 1. The molecule has 0 unspecified atom stereocenters. The van der Waals surface area contributed by atoms with Crippen LogP contribution >= 0.6 is 11.6 Å². The van der Waals surface area contributed by atoms with Crippen molar-refractivity contribution in [1.82, 2.24) is 24.7 Å². The molecule has 0 atom stereocenters. The Balaban J connectivity index is 1.83. The van der Waals surface area contributed by atoms with E-state index in [1.54, 1.807) is 14.0 Å². The number of nitrogens with zero attached hydrogens (tertiary/aromatic N) is 5. The van der Waals surface area contributed by atoms with E-state index in [2.05, 4.69) is 24.8 Å². The summed E-state index contributed by atoms with van der Waals surface area (Å²) in [5.41, 5.74) is 1.41. The predicted octanol–water partition coefficient (Wildman–Crippen LogP) is 3.40. The molecule has 186 valence electrons. The van der Waals surface area contributed by atoms with E-state index in [9.17, 15) is 13.2 Å². The molecule has 1 aromatic carbocycles. The summed E-state index contributed by atoms with van der Waals surface area (Å²) < 4.78 is 35.9. The van der Waals surface area contributed by atoms with Crippen LogP contribution in [0.5, 0.6) is 5.75 Å². The number of aromatic amines is 1. The summed E-state index contributed by atoms with van der Waals surface area (Å²) in [6.07, 6.45) is 2.64. The summed E-state index contributed by atoms with van der Waals surface area (Å²) >= 11 is 5.98. The highest BCUT2D eigenvalue weighted by molar-refractivity contribution is 7.92.